The van der Waals surface area contributed by atoms with E-state index in [0.29, 0.717) is 30.5 Å². The average Bonchev–Trinajstić information content (AvgIpc) is 3.49. The first-order valence-corrected chi connectivity index (χ1v) is 13.6. The van der Waals surface area contributed by atoms with E-state index >= 15 is 0 Å². The fraction of sp³-hybridized carbons (Fsp3) is 0.467. The van der Waals surface area contributed by atoms with Gasteiger partial charge >= 0.3 is 0 Å². The van der Waals surface area contributed by atoms with Crippen LogP contribution in [-0.2, 0) is 16.0 Å². The molecule has 2 fully saturated rings. The lowest BCUT2D eigenvalue weighted by Crippen LogP contribution is -2.53. The molecular weight excluding hydrogens is 480 g/mol. The third-order valence-electron chi connectivity index (χ3n) is 7.45. The maximum atomic E-state index is 13.8. The number of aryl methyl sites for hydroxylation is 1. The molecule has 0 spiro atoms. The first-order chi connectivity index (χ1) is 18.2. The van der Waals surface area contributed by atoms with Crippen molar-refractivity contribution < 1.29 is 19.2 Å². The smallest absolute Gasteiger partial charge is 0.254 e. The Labute approximate surface area is 224 Å². The zero-order valence-electron chi connectivity index (χ0n) is 22.7. The van der Waals surface area contributed by atoms with E-state index in [0.717, 1.165) is 24.1 Å². The molecule has 2 N–H and O–H groups in total. The minimum absolute atomic E-state index is 0.00787. The molecule has 2 aromatic carbocycles. The van der Waals surface area contributed by atoms with Crippen molar-refractivity contribution >= 4 is 29.2 Å². The standard InChI is InChI=1S/C30H38N4O4/c1-5-9-21-17-22(12-13-23(21)31-4)28(36)32-24(16-19(2)3)30(38)33-15-14-25-27(33)26(35)18-34(25)29(37)20-10-7-6-8-11-20/h6-8,10-13,17,19,24-25,27,31H,5,9,14-16,18H2,1-4H3,(H,32,36)/t24-,25+,27-/m0/s1. The highest BCUT2D eigenvalue weighted by Crippen LogP contribution is 2.32. The van der Waals surface area contributed by atoms with E-state index in [9.17, 15) is 19.2 Å². The summed E-state index contributed by atoms with van der Waals surface area (Å²) in [4.78, 5) is 56.5. The quantitative estimate of drug-likeness (QED) is 0.529. The van der Waals surface area contributed by atoms with Crippen LogP contribution in [0.1, 0.15) is 66.3 Å². The summed E-state index contributed by atoms with van der Waals surface area (Å²) in [6.45, 7) is 6.46. The number of likely N-dealkylation sites (tertiary alicyclic amines) is 2. The molecule has 0 radical (unpaired) electrons. The minimum Gasteiger partial charge on any atom is -0.388 e. The van der Waals surface area contributed by atoms with Crippen LogP contribution < -0.4 is 10.6 Å². The first kappa shape index (κ1) is 27.4. The number of amides is 3. The number of rotatable bonds is 9. The fourth-order valence-electron chi connectivity index (χ4n) is 5.68. The summed E-state index contributed by atoms with van der Waals surface area (Å²) in [6.07, 6.45) is 2.77. The van der Waals surface area contributed by atoms with Gasteiger partial charge in [-0.3, -0.25) is 19.2 Å². The third kappa shape index (κ3) is 5.59. The van der Waals surface area contributed by atoms with Crippen LogP contribution in [0.5, 0.6) is 0 Å². The number of benzene rings is 2. The highest BCUT2D eigenvalue weighted by Gasteiger charge is 2.52. The number of nitrogens with zero attached hydrogens (tertiary/aromatic N) is 2. The number of Topliss-reactive ketones (excluding diaryl/α,β-unsaturated/α-hetero) is 1. The predicted octanol–water partition coefficient (Wildman–Crippen LogP) is 3.52. The summed E-state index contributed by atoms with van der Waals surface area (Å²) >= 11 is 0. The molecule has 0 aromatic heterocycles. The number of ketones is 1. The topological polar surface area (TPSA) is 98.8 Å². The van der Waals surface area contributed by atoms with Crippen LogP contribution in [0.4, 0.5) is 5.69 Å². The second kappa shape index (κ2) is 11.8. The van der Waals surface area contributed by atoms with Gasteiger partial charge in [0.2, 0.25) is 5.91 Å². The Morgan fingerprint density at radius 3 is 2.42 bits per heavy atom. The summed E-state index contributed by atoms with van der Waals surface area (Å²) < 4.78 is 0. The van der Waals surface area contributed by atoms with E-state index in [1.807, 2.05) is 39.1 Å². The van der Waals surface area contributed by atoms with E-state index < -0.39 is 12.1 Å². The zero-order chi connectivity index (χ0) is 27.4. The van der Waals surface area contributed by atoms with Gasteiger partial charge in [0.1, 0.15) is 12.1 Å². The lowest BCUT2D eigenvalue weighted by atomic mass is 10.00. The van der Waals surface area contributed by atoms with E-state index in [4.69, 9.17) is 0 Å². The van der Waals surface area contributed by atoms with Gasteiger partial charge in [-0.1, -0.05) is 45.4 Å². The molecule has 2 aliphatic heterocycles. The fourth-order valence-corrected chi connectivity index (χ4v) is 5.68. The molecule has 8 nitrogen and oxygen atoms in total. The number of fused-ring (bicyclic) bond motifs is 1. The van der Waals surface area contributed by atoms with Crippen molar-refractivity contribution in [1.82, 2.24) is 15.1 Å². The van der Waals surface area contributed by atoms with E-state index in [-0.39, 0.29) is 42.0 Å². The van der Waals surface area contributed by atoms with Crippen molar-refractivity contribution in [2.24, 2.45) is 5.92 Å². The Hall–Kier alpha value is -3.68. The van der Waals surface area contributed by atoms with E-state index in [1.54, 1.807) is 40.1 Å². The summed E-state index contributed by atoms with van der Waals surface area (Å²) in [5.74, 6) is -0.742. The van der Waals surface area contributed by atoms with Gasteiger partial charge in [0.05, 0.1) is 12.6 Å². The predicted molar refractivity (Wildman–Crippen MR) is 147 cm³/mol. The molecule has 3 amide bonds. The molecule has 0 aliphatic carbocycles. The van der Waals surface area contributed by atoms with Crippen molar-refractivity contribution in [2.75, 3.05) is 25.5 Å². The zero-order valence-corrected chi connectivity index (χ0v) is 22.7. The molecule has 3 atom stereocenters. The van der Waals surface area contributed by atoms with Crippen LogP contribution in [0, 0.1) is 5.92 Å². The molecule has 2 aromatic rings. The molecule has 0 bridgehead atoms. The first-order valence-electron chi connectivity index (χ1n) is 13.6. The molecule has 4 rings (SSSR count). The number of hydrogen-bond acceptors (Lipinski definition) is 5. The Morgan fingerprint density at radius 1 is 1.03 bits per heavy atom. The van der Waals surface area contributed by atoms with Crippen LogP contribution in [-0.4, -0.2) is 71.6 Å². The van der Waals surface area contributed by atoms with E-state index in [2.05, 4.69) is 17.6 Å². The monoisotopic (exact) mass is 518 g/mol. The van der Waals surface area contributed by atoms with Gasteiger partial charge in [0, 0.05) is 30.4 Å². The van der Waals surface area contributed by atoms with Gasteiger partial charge in [-0.25, -0.2) is 0 Å². The molecule has 0 unspecified atom stereocenters. The number of hydrogen-bond donors (Lipinski definition) is 2. The van der Waals surface area contributed by atoms with Crippen molar-refractivity contribution in [3.63, 3.8) is 0 Å². The van der Waals surface area contributed by atoms with Crippen LogP contribution in [0.15, 0.2) is 48.5 Å². The maximum absolute atomic E-state index is 13.8. The minimum atomic E-state index is -0.758. The lowest BCUT2D eigenvalue weighted by molar-refractivity contribution is -0.138. The number of carbonyl (C=O) groups excluding carboxylic acids is 4. The van der Waals surface area contributed by atoms with Crippen LogP contribution in [0.25, 0.3) is 0 Å². The number of nitrogens with one attached hydrogen (secondary N) is 2. The Morgan fingerprint density at radius 2 is 1.76 bits per heavy atom. The van der Waals surface area contributed by atoms with Crippen molar-refractivity contribution in [2.45, 2.75) is 64.6 Å². The third-order valence-corrected chi connectivity index (χ3v) is 7.45. The molecule has 202 valence electrons. The van der Waals surface area contributed by atoms with E-state index in [1.165, 1.54) is 0 Å². The lowest BCUT2D eigenvalue weighted by Gasteiger charge is -2.29. The van der Waals surface area contributed by atoms with Crippen molar-refractivity contribution in [3.05, 3.63) is 65.2 Å². The van der Waals surface area contributed by atoms with Gasteiger partial charge in [-0.2, -0.15) is 0 Å². The largest absolute Gasteiger partial charge is 0.388 e. The number of carbonyl (C=O) groups is 4. The highest BCUT2D eigenvalue weighted by molar-refractivity contribution is 6.03. The van der Waals surface area contributed by atoms with Gasteiger partial charge in [-0.15, -0.1) is 0 Å². The maximum Gasteiger partial charge on any atom is 0.254 e. The summed E-state index contributed by atoms with van der Waals surface area (Å²) in [6, 6.07) is 12.7. The van der Waals surface area contributed by atoms with Gasteiger partial charge in [0.25, 0.3) is 11.8 Å². The Balaban J connectivity index is 1.52. The van der Waals surface area contributed by atoms with Crippen molar-refractivity contribution in [3.8, 4) is 0 Å². The van der Waals surface area contributed by atoms with Gasteiger partial charge < -0.3 is 20.4 Å². The molecule has 2 heterocycles. The molecule has 2 saturated heterocycles. The van der Waals surface area contributed by atoms with Crippen LogP contribution in [0.2, 0.25) is 0 Å². The van der Waals surface area contributed by atoms with Gasteiger partial charge in [-0.05, 0) is 61.1 Å². The normalized spacial score (nSPS) is 19.4. The molecule has 0 saturated carbocycles. The second-order valence-corrected chi connectivity index (χ2v) is 10.6. The Kier molecular flexibility index (Phi) is 8.49. The average molecular weight is 519 g/mol. The van der Waals surface area contributed by atoms with Crippen molar-refractivity contribution in [1.29, 1.82) is 0 Å². The van der Waals surface area contributed by atoms with Crippen LogP contribution >= 0.6 is 0 Å². The second-order valence-electron chi connectivity index (χ2n) is 10.6. The van der Waals surface area contributed by atoms with Crippen LogP contribution in [0.3, 0.4) is 0 Å². The Bertz CT molecular complexity index is 1200. The SMILES string of the molecule is CCCc1cc(C(=O)N[C@@H](CC(C)C)C(=O)N2CC[C@@H]3[C@H]2C(=O)CN3C(=O)c2ccccc2)ccc1NC. The molecule has 2 aliphatic rings. The highest BCUT2D eigenvalue weighted by atomic mass is 16.2. The molecular formula is C30H38N4O4. The summed E-state index contributed by atoms with van der Waals surface area (Å²) in [7, 11) is 1.85. The van der Waals surface area contributed by atoms with Gasteiger partial charge in [0.15, 0.2) is 5.78 Å². The molecule has 38 heavy (non-hydrogen) atoms. The number of anilines is 1. The molecule has 8 heteroatoms. The summed E-state index contributed by atoms with van der Waals surface area (Å²) in [5.41, 5.74) is 3.07. The summed E-state index contributed by atoms with van der Waals surface area (Å²) in [5, 5.41) is 6.12.